The molecule has 6 amide bonds. The number of rotatable bonds is 5. The number of urea groups is 1. The van der Waals surface area contributed by atoms with Crippen LogP contribution in [0.25, 0.3) is 0 Å². The molecule has 6 aliphatic rings. The Morgan fingerprint density at radius 1 is 1.00 bits per heavy atom. The SMILES string of the molecule is O=C1N[C@]2(C(=O)NS(=O)(=O)C3CC3)C[C@H]2C=CCCCCC[C@H](NC(=O)N2CC(F)(F)C2)C(=O)N2C[C@H](OC(=O)N3Cc4cccc(F)c4C3)C[C@@H]12. The number of amides is 6. The standard InChI is InChI=1S/C34H41F3N6O8S/c35-25-9-6-7-20-15-41(17-24(20)25)32(48)51-22-13-27-28(44)39-34(30(46)40-52(49,50)23-11-12-23)14-21(34)8-4-2-1-3-5-10-26(29(45)43(27)16-22)38-31(47)42-18-33(36,37)19-42/h4,6-9,21-23,26-27H,1-3,5,10-19H2,(H,38,47)(H,39,44)(H,40,46)/t21-,22-,26+,27+,34-/m1/s1. The molecule has 1 aromatic carbocycles. The number of halogens is 3. The second-order valence-corrected chi connectivity index (χ2v) is 16.7. The molecular formula is C34H41F3N6O8S. The lowest BCUT2D eigenvalue weighted by atomic mass is 10.0. The molecule has 4 aliphatic heterocycles. The molecule has 2 saturated carbocycles. The van der Waals surface area contributed by atoms with Crippen molar-refractivity contribution in [3.8, 4) is 0 Å². The van der Waals surface area contributed by atoms with E-state index in [0.29, 0.717) is 49.7 Å². The number of carbonyl (C=O) groups is 5. The highest BCUT2D eigenvalue weighted by molar-refractivity contribution is 7.91. The number of nitrogens with zero attached hydrogens (tertiary/aromatic N) is 3. The topological polar surface area (TPSA) is 175 Å². The lowest BCUT2D eigenvalue weighted by molar-refractivity contribution is -0.141. The minimum absolute atomic E-state index is 0.0416. The molecule has 282 valence electrons. The number of allylic oxidation sites excluding steroid dienone is 1. The Kier molecular flexibility index (Phi) is 9.40. The van der Waals surface area contributed by atoms with Crippen LogP contribution >= 0.6 is 0 Å². The summed E-state index contributed by atoms with van der Waals surface area (Å²) < 4.78 is 74.9. The summed E-state index contributed by atoms with van der Waals surface area (Å²) in [6.45, 7) is -1.83. The smallest absolute Gasteiger partial charge is 0.410 e. The lowest BCUT2D eigenvalue weighted by Gasteiger charge is -2.39. The third kappa shape index (κ3) is 7.30. The minimum atomic E-state index is -3.96. The Balaban J connectivity index is 1.13. The highest BCUT2D eigenvalue weighted by atomic mass is 32.2. The van der Waals surface area contributed by atoms with E-state index >= 15 is 0 Å². The van der Waals surface area contributed by atoms with Crippen molar-refractivity contribution in [2.75, 3.05) is 19.6 Å². The van der Waals surface area contributed by atoms with E-state index in [1.54, 1.807) is 12.1 Å². The first-order valence-electron chi connectivity index (χ1n) is 17.7. The molecule has 4 fully saturated rings. The van der Waals surface area contributed by atoms with Crippen molar-refractivity contribution in [2.45, 2.75) is 106 Å². The van der Waals surface area contributed by atoms with Crippen LogP contribution in [0.3, 0.4) is 0 Å². The Hall–Kier alpha value is -4.35. The number of fused-ring (bicyclic) bond motifs is 3. The zero-order valence-corrected chi connectivity index (χ0v) is 29.1. The summed E-state index contributed by atoms with van der Waals surface area (Å²) in [5, 5.41) is 4.60. The summed E-state index contributed by atoms with van der Waals surface area (Å²) >= 11 is 0. The maximum Gasteiger partial charge on any atom is 0.410 e. The summed E-state index contributed by atoms with van der Waals surface area (Å²) in [5.41, 5.74) is -0.641. The maximum absolute atomic E-state index is 14.4. The van der Waals surface area contributed by atoms with Gasteiger partial charge in [-0.2, -0.15) is 0 Å². The number of benzene rings is 1. The molecule has 0 unspecified atom stereocenters. The van der Waals surface area contributed by atoms with Crippen LogP contribution in [0.5, 0.6) is 0 Å². The highest BCUT2D eigenvalue weighted by Crippen LogP contribution is 2.46. The van der Waals surface area contributed by atoms with E-state index in [2.05, 4.69) is 15.4 Å². The number of hydrogen-bond donors (Lipinski definition) is 3. The molecule has 0 aromatic heterocycles. The zero-order valence-electron chi connectivity index (χ0n) is 28.3. The van der Waals surface area contributed by atoms with Gasteiger partial charge in [-0.1, -0.05) is 37.1 Å². The molecule has 1 aromatic rings. The van der Waals surface area contributed by atoms with Gasteiger partial charge in [0, 0.05) is 24.4 Å². The van der Waals surface area contributed by atoms with Gasteiger partial charge in [-0.15, -0.1) is 0 Å². The fraction of sp³-hybridized carbons (Fsp3) is 0.618. The van der Waals surface area contributed by atoms with Crippen LogP contribution in [0.15, 0.2) is 30.4 Å². The first-order valence-corrected chi connectivity index (χ1v) is 19.2. The molecular weight excluding hydrogens is 709 g/mol. The van der Waals surface area contributed by atoms with Crippen molar-refractivity contribution in [3.63, 3.8) is 0 Å². The second kappa shape index (κ2) is 13.6. The first-order chi connectivity index (χ1) is 24.7. The summed E-state index contributed by atoms with van der Waals surface area (Å²) in [5.74, 6) is -6.40. The average Bonchev–Trinajstić information content (AvgIpc) is 3.96. The normalized spacial score (nSPS) is 30.1. The lowest BCUT2D eigenvalue weighted by Crippen LogP contribution is -2.63. The van der Waals surface area contributed by atoms with Gasteiger partial charge >= 0.3 is 12.1 Å². The van der Waals surface area contributed by atoms with Crippen molar-refractivity contribution in [2.24, 2.45) is 5.92 Å². The third-order valence-corrected chi connectivity index (χ3v) is 12.5. The second-order valence-electron chi connectivity index (χ2n) is 14.7. The van der Waals surface area contributed by atoms with Crippen molar-refractivity contribution in [1.29, 1.82) is 0 Å². The number of carbonyl (C=O) groups excluding carboxylic acids is 5. The van der Waals surface area contributed by atoms with Crippen LogP contribution in [0.2, 0.25) is 0 Å². The van der Waals surface area contributed by atoms with E-state index in [1.165, 1.54) is 17.0 Å². The molecule has 18 heteroatoms. The van der Waals surface area contributed by atoms with Crippen molar-refractivity contribution < 1.29 is 50.3 Å². The van der Waals surface area contributed by atoms with Gasteiger partial charge in [-0.3, -0.25) is 24.0 Å². The quantitative estimate of drug-likeness (QED) is 0.385. The minimum Gasteiger partial charge on any atom is -0.444 e. The monoisotopic (exact) mass is 750 g/mol. The number of nitrogens with one attached hydrogen (secondary N) is 3. The molecule has 2 saturated heterocycles. The number of likely N-dealkylation sites (tertiary alicyclic amines) is 1. The van der Waals surface area contributed by atoms with E-state index in [4.69, 9.17) is 4.74 Å². The van der Waals surface area contributed by atoms with E-state index in [-0.39, 0.29) is 38.9 Å². The fourth-order valence-corrected chi connectivity index (χ4v) is 8.83. The molecule has 4 heterocycles. The number of alkyl halides is 2. The van der Waals surface area contributed by atoms with Crippen LogP contribution in [0, 0.1) is 11.7 Å². The van der Waals surface area contributed by atoms with Crippen LogP contribution < -0.4 is 15.4 Å². The van der Waals surface area contributed by atoms with E-state index in [0.717, 1.165) is 9.80 Å². The zero-order chi connectivity index (χ0) is 37.0. The number of sulfonamides is 1. The molecule has 0 bridgehead atoms. The van der Waals surface area contributed by atoms with Gasteiger partial charge in [0.2, 0.25) is 21.8 Å². The van der Waals surface area contributed by atoms with E-state index < -0.39 is 99.6 Å². The van der Waals surface area contributed by atoms with Gasteiger partial charge in [0.05, 0.1) is 31.4 Å². The van der Waals surface area contributed by atoms with Gasteiger partial charge < -0.3 is 25.2 Å². The molecule has 14 nitrogen and oxygen atoms in total. The predicted octanol–water partition coefficient (Wildman–Crippen LogP) is 2.28. The Labute approximate surface area is 298 Å². The van der Waals surface area contributed by atoms with E-state index in [1.807, 2.05) is 6.08 Å². The van der Waals surface area contributed by atoms with Gasteiger partial charge in [0.25, 0.3) is 11.8 Å². The van der Waals surface area contributed by atoms with Gasteiger partial charge in [0.15, 0.2) is 0 Å². The van der Waals surface area contributed by atoms with Crippen molar-refractivity contribution in [3.05, 3.63) is 47.3 Å². The molecule has 5 atom stereocenters. The summed E-state index contributed by atoms with van der Waals surface area (Å²) in [7, 11) is -3.96. The van der Waals surface area contributed by atoms with Crippen LogP contribution in [0.1, 0.15) is 68.9 Å². The van der Waals surface area contributed by atoms with Gasteiger partial charge in [-0.25, -0.2) is 31.2 Å². The predicted molar refractivity (Wildman–Crippen MR) is 176 cm³/mol. The Morgan fingerprint density at radius 3 is 2.48 bits per heavy atom. The Morgan fingerprint density at radius 2 is 1.77 bits per heavy atom. The van der Waals surface area contributed by atoms with Gasteiger partial charge in [-0.05, 0) is 50.2 Å². The highest BCUT2D eigenvalue weighted by Gasteiger charge is 2.62. The fourth-order valence-electron chi connectivity index (χ4n) is 7.47. The molecule has 2 aliphatic carbocycles. The molecule has 0 spiro atoms. The maximum atomic E-state index is 14.4. The van der Waals surface area contributed by atoms with Crippen molar-refractivity contribution >= 4 is 39.9 Å². The molecule has 7 rings (SSSR count). The van der Waals surface area contributed by atoms with Crippen LogP contribution in [0.4, 0.5) is 22.8 Å². The van der Waals surface area contributed by atoms with Crippen LogP contribution in [-0.4, -0.2) is 107 Å². The van der Waals surface area contributed by atoms with Crippen LogP contribution in [-0.2, 0) is 42.2 Å². The molecule has 52 heavy (non-hydrogen) atoms. The number of hydrogen-bond acceptors (Lipinski definition) is 8. The molecule has 0 radical (unpaired) electrons. The third-order valence-electron chi connectivity index (χ3n) is 10.7. The van der Waals surface area contributed by atoms with E-state index in [9.17, 15) is 45.6 Å². The molecule has 3 N–H and O–H groups in total. The van der Waals surface area contributed by atoms with Crippen molar-refractivity contribution in [1.82, 2.24) is 30.1 Å². The Bertz CT molecular complexity index is 1800. The number of ether oxygens (including phenoxy) is 1. The first kappa shape index (κ1) is 36.0. The van der Waals surface area contributed by atoms with Gasteiger partial charge in [0.1, 0.15) is 29.5 Å². The summed E-state index contributed by atoms with van der Waals surface area (Å²) in [6, 6.07) is 1.13. The summed E-state index contributed by atoms with van der Waals surface area (Å²) in [4.78, 5) is 71.5. The average molecular weight is 751 g/mol. The largest absolute Gasteiger partial charge is 0.444 e. The summed E-state index contributed by atoms with van der Waals surface area (Å²) in [6.07, 6.45) is 5.10.